The van der Waals surface area contributed by atoms with Gasteiger partial charge in [0.25, 0.3) is 10.0 Å². The molecular weight excluding hydrogens is 424 g/mol. The van der Waals surface area contributed by atoms with Crippen molar-refractivity contribution in [2.24, 2.45) is 0 Å². The number of rotatable bonds is 7. The number of fused-ring (bicyclic) bond motifs is 1. The van der Waals surface area contributed by atoms with Crippen molar-refractivity contribution < 1.29 is 17.9 Å². The molecule has 0 aliphatic carbocycles. The molecule has 3 N–H and O–H groups in total. The smallest absolute Gasteiger partial charge is 0.263 e. The van der Waals surface area contributed by atoms with Crippen LogP contribution in [0.15, 0.2) is 65.0 Å². The Bertz CT molecular complexity index is 1290. The van der Waals surface area contributed by atoms with E-state index in [0.29, 0.717) is 17.1 Å². The summed E-state index contributed by atoms with van der Waals surface area (Å²) in [6.45, 7) is 0. The number of benzene rings is 2. The molecule has 0 saturated carbocycles. The molecule has 2 aromatic carbocycles. The van der Waals surface area contributed by atoms with Crippen LogP contribution >= 0.6 is 11.3 Å². The van der Waals surface area contributed by atoms with Gasteiger partial charge in [-0.3, -0.25) is 9.52 Å². The summed E-state index contributed by atoms with van der Waals surface area (Å²) in [5.41, 5.74) is 2.15. The van der Waals surface area contributed by atoms with E-state index in [2.05, 4.69) is 20.0 Å². The minimum atomic E-state index is -3.78. The molecule has 2 aromatic heterocycles. The van der Waals surface area contributed by atoms with Crippen molar-refractivity contribution in [3.8, 4) is 5.75 Å². The lowest BCUT2D eigenvalue weighted by atomic mass is 10.2. The van der Waals surface area contributed by atoms with Crippen molar-refractivity contribution in [1.29, 1.82) is 0 Å². The fraction of sp³-hybridized carbons (Fsp3) is 0.100. The van der Waals surface area contributed by atoms with Gasteiger partial charge in [-0.1, -0.05) is 0 Å². The number of nitrogens with one attached hydrogen (secondary N) is 3. The third-order valence-corrected chi connectivity index (χ3v) is 6.61. The molecule has 1 amide bonds. The van der Waals surface area contributed by atoms with Gasteiger partial charge in [-0.2, -0.15) is 0 Å². The molecule has 0 fully saturated rings. The molecule has 2 heterocycles. The molecule has 8 nitrogen and oxygen atoms in total. The van der Waals surface area contributed by atoms with Crippen LogP contribution in [-0.4, -0.2) is 31.4 Å². The number of anilines is 2. The Balaban J connectivity index is 1.39. The highest BCUT2D eigenvalue weighted by molar-refractivity contribution is 7.93. The van der Waals surface area contributed by atoms with Gasteiger partial charge >= 0.3 is 0 Å². The number of nitrogens with zero attached hydrogens (tertiary/aromatic N) is 1. The molecule has 0 spiro atoms. The van der Waals surface area contributed by atoms with Crippen LogP contribution in [0.5, 0.6) is 5.75 Å². The fourth-order valence-electron chi connectivity index (χ4n) is 2.86. The molecule has 154 valence electrons. The van der Waals surface area contributed by atoms with Crippen LogP contribution in [-0.2, 0) is 21.2 Å². The van der Waals surface area contributed by atoms with Gasteiger partial charge in [-0.25, -0.2) is 13.4 Å². The monoisotopic (exact) mass is 442 g/mol. The van der Waals surface area contributed by atoms with Gasteiger partial charge in [-0.05, 0) is 48.5 Å². The van der Waals surface area contributed by atoms with E-state index >= 15 is 0 Å². The van der Waals surface area contributed by atoms with Gasteiger partial charge in [0, 0.05) is 28.2 Å². The molecule has 0 atom stereocenters. The molecule has 30 heavy (non-hydrogen) atoms. The van der Waals surface area contributed by atoms with Gasteiger partial charge in [0.15, 0.2) is 5.13 Å². The van der Waals surface area contributed by atoms with E-state index in [0.717, 1.165) is 22.2 Å². The number of methoxy groups -OCH3 is 1. The summed E-state index contributed by atoms with van der Waals surface area (Å²) in [7, 11) is -2.27. The van der Waals surface area contributed by atoms with E-state index in [4.69, 9.17) is 4.74 Å². The lowest BCUT2D eigenvalue weighted by molar-refractivity contribution is -0.115. The van der Waals surface area contributed by atoms with Crippen molar-refractivity contribution in [3.63, 3.8) is 0 Å². The first kappa shape index (κ1) is 19.9. The maximum Gasteiger partial charge on any atom is 0.263 e. The number of hydrogen-bond acceptors (Lipinski definition) is 6. The first-order chi connectivity index (χ1) is 14.4. The van der Waals surface area contributed by atoms with E-state index in [1.165, 1.54) is 19.2 Å². The lowest BCUT2D eigenvalue weighted by Gasteiger charge is -2.06. The Labute approximate surface area is 177 Å². The second kappa shape index (κ2) is 8.17. The van der Waals surface area contributed by atoms with E-state index in [1.54, 1.807) is 17.5 Å². The fourth-order valence-corrected chi connectivity index (χ4v) is 4.83. The number of H-pyrrole nitrogens is 1. The van der Waals surface area contributed by atoms with Crippen LogP contribution in [0.1, 0.15) is 5.69 Å². The van der Waals surface area contributed by atoms with Crippen molar-refractivity contribution in [1.82, 2.24) is 9.97 Å². The minimum Gasteiger partial charge on any atom is -0.497 e. The van der Waals surface area contributed by atoms with Gasteiger partial charge < -0.3 is 15.0 Å². The summed E-state index contributed by atoms with van der Waals surface area (Å²) in [6.07, 6.45) is 1.87. The van der Waals surface area contributed by atoms with Crippen LogP contribution in [0.2, 0.25) is 0 Å². The Morgan fingerprint density at radius 3 is 2.73 bits per heavy atom. The SMILES string of the molecule is COc1ccc(S(=O)(=O)Nc2nc(CC(=O)Nc3ccc4[nH]ccc4c3)cs2)cc1. The van der Waals surface area contributed by atoms with E-state index < -0.39 is 10.0 Å². The summed E-state index contributed by atoms with van der Waals surface area (Å²) in [5, 5.41) is 5.67. The molecule has 0 aliphatic heterocycles. The molecule has 10 heteroatoms. The number of aromatic amines is 1. The zero-order chi connectivity index (χ0) is 21.1. The number of carbonyl (C=O) groups excluding carboxylic acids is 1. The highest BCUT2D eigenvalue weighted by Crippen LogP contribution is 2.23. The third-order valence-electron chi connectivity index (χ3n) is 4.32. The Hall–Kier alpha value is -3.37. The zero-order valence-corrected chi connectivity index (χ0v) is 17.5. The first-order valence-electron chi connectivity index (χ1n) is 8.91. The van der Waals surface area contributed by atoms with Crippen LogP contribution < -0.4 is 14.8 Å². The number of sulfonamides is 1. The maximum atomic E-state index is 12.5. The predicted molar refractivity (Wildman–Crippen MR) is 117 cm³/mol. The maximum absolute atomic E-state index is 12.5. The zero-order valence-electron chi connectivity index (χ0n) is 15.9. The largest absolute Gasteiger partial charge is 0.497 e. The summed E-state index contributed by atoms with van der Waals surface area (Å²) in [4.78, 5) is 19.7. The molecule has 0 saturated heterocycles. The lowest BCUT2D eigenvalue weighted by Crippen LogP contribution is -2.15. The second-order valence-corrected chi connectivity index (χ2v) is 8.97. The topological polar surface area (TPSA) is 113 Å². The highest BCUT2D eigenvalue weighted by atomic mass is 32.2. The number of ether oxygens (including phenoxy) is 1. The number of hydrogen-bond donors (Lipinski definition) is 3. The van der Waals surface area contributed by atoms with Crippen molar-refractivity contribution in [2.75, 3.05) is 17.1 Å². The molecule has 0 bridgehead atoms. The predicted octanol–water partition coefficient (Wildman–Crippen LogP) is 3.62. The van der Waals surface area contributed by atoms with E-state index in [-0.39, 0.29) is 22.4 Å². The van der Waals surface area contributed by atoms with Crippen LogP contribution in [0.4, 0.5) is 10.8 Å². The van der Waals surface area contributed by atoms with Gasteiger partial charge in [0.1, 0.15) is 5.75 Å². The highest BCUT2D eigenvalue weighted by Gasteiger charge is 2.17. The number of thiazole rings is 1. The molecule has 0 radical (unpaired) electrons. The Morgan fingerprint density at radius 1 is 1.17 bits per heavy atom. The van der Waals surface area contributed by atoms with Crippen LogP contribution in [0, 0.1) is 0 Å². The minimum absolute atomic E-state index is 0.0337. The average molecular weight is 443 g/mol. The summed E-state index contributed by atoms with van der Waals surface area (Å²) in [6, 6.07) is 13.5. The van der Waals surface area contributed by atoms with Gasteiger partial charge in [0.05, 0.1) is 24.1 Å². The first-order valence-corrected chi connectivity index (χ1v) is 11.3. The van der Waals surface area contributed by atoms with E-state index in [1.807, 2.05) is 30.5 Å². The quantitative estimate of drug-likeness (QED) is 0.405. The average Bonchev–Trinajstić information content (AvgIpc) is 3.36. The molecule has 0 aliphatic rings. The normalized spacial score (nSPS) is 11.4. The van der Waals surface area contributed by atoms with Crippen molar-refractivity contribution in [2.45, 2.75) is 11.3 Å². The van der Waals surface area contributed by atoms with Gasteiger partial charge in [0.2, 0.25) is 5.91 Å². The third kappa shape index (κ3) is 4.44. The Morgan fingerprint density at radius 2 is 1.97 bits per heavy atom. The molecule has 4 aromatic rings. The van der Waals surface area contributed by atoms with Crippen LogP contribution in [0.3, 0.4) is 0 Å². The van der Waals surface area contributed by atoms with Crippen LogP contribution in [0.25, 0.3) is 10.9 Å². The number of aromatic nitrogens is 2. The summed E-state index contributed by atoms with van der Waals surface area (Å²) < 4.78 is 32.5. The van der Waals surface area contributed by atoms with Crippen molar-refractivity contribution in [3.05, 3.63) is 65.8 Å². The molecule has 0 unspecified atom stereocenters. The Kier molecular flexibility index (Phi) is 5.42. The van der Waals surface area contributed by atoms with Gasteiger partial charge in [-0.15, -0.1) is 11.3 Å². The number of carbonyl (C=O) groups is 1. The molecule has 4 rings (SSSR count). The molecular formula is C20H18N4O4S2. The number of amides is 1. The summed E-state index contributed by atoms with van der Waals surface area (Å²) in [5.74, 6) is 0.326. The second-order valence-electron chi connectivity index (χ2n) is 6.43. The van der Waals surface area contributed by atoms with E-state index in [9.17, 15) is 13.2 Å². The van der Waals surface area contributed by atoms with Crippen molar-refractivity contribution >= 4 is 49.0 Å². The summed E-state index contributed by atoms with van der Waals surface area (Å²) >= 11 is 1.12. The standard InChI is InChI=1S/C20H18N4O4S2/c1-28-16-3-5-17(6-4-16)30(26,27)24-20-23-15(12-29-20)11-19(25)22-14-2-7-18-13(10-14)8-9-21-18/h2-10,12,21H,11H2,1H3,(H,22,25)(H,23,24).